The van der Waals surface area contributed by atoms with Crippen molar-refractivity contribution in [1.82, 2.24) is 0 Å². The van der Waals surface area contributed by atoms with Gasteiger partial charge in [-0.3, -0.25) is 0 Å². The second kappa shape index (κ2) is 6.07. The summed E-state index contributed by atoms with van der Waals surface area (Å²) in [5.74, 6) is 0. The summed E-state index contributed by atoms with van der Waals surface area (Å²) in [6, 6.07) is 18.3. The van der Waals surface area contributed by atoms with Gasteiger partial charge in [-0.2, -0.15) is 5.26 Å². The van der Waals surface area contributed by atoms with Gasteiger partial charge in [0.2, 0.25) is 0 Å². The number of nitrogens with zero attached hydrogens (tertiary/aromatic N) is 3. The van der Waals surface area contributed by atoms with Crippen LogP contribution in [-0.2, 0) is 0 Å². The number of piperazine rings is 1. The predicted molar refractivity (Wildman–Crippen MR) is 87.0 cm³/mol. The van der Waals surface area contributed by atoms with Crippen LogP contribution in [0.3, 0.4) is 0 Å². The van der Waals surface area contributed by atoms with Crippen molar-refractivity contribution < 1.29 is 0 Å². The van der Waals surface area contributed by atoms with E-state index < -0.39 is 0 Å². The maximum atomic E-state index is 9.29. The Morgan fingerprint density at radius 3 is 2.19 bits per heavy atom. The molecule has 1 aliphatic heterocycles. The van der Waals surface area contributed by atoms with Crippen molar-refractivity contribution in [1.29, 1.82) is 5.26 Å². The molecule has 2 aromatic carbocycles. The molecule has 3 rings (SSSR count). The molecular weight excluding hydrogens is 282 g/mol. The lowest BCUT2D eigenvalue weighted by molar-refractivity contribution is 0.653. The van der Waals surface area contributed by atoms with E-state index in [1.807, 2.05) is 18.2 Å². The average molecular weight is 298 g/mol. The molecule has 1 heterocycles. The largest absolute Gasteiger partial charge is 0.368 e. The molecule has 1 saturated heterocycles. The highest BCUT2D eigenvalue weighted by Crippen LogP contribution is 2.28. The minimum absolute atomic E-state index is 0.528. The lowest BCUT2D eigenvalue weighted by Crippen LogP contribution is -2.46. The van der Waals surface area contributed by atoms with Crippen molar-refractivity contribution >= 4 is 23.0 Å². The average Bonchev–Trinajstić information content (AvgIpc) is 2.55. The van der Waals surface area contributed by atoms with Crippen molar-refractivity contribution in [3.8, 4) is 6.07 Å². The number of rotatable bonds is 2. The molecule has 0 aromatic heterocycles. The van der Waals surface area contributed by atoms with E-state index in [2.05, 4.69) is 40.1 Å². The van der Waals surface area contributed by atoms with E-state index in [0.29, 0.717) is 10.6 Å². The molecule has 0 saturated carbocycles. The highest BCUT2D eigenvalue weighted by Gasteiger charge is 2.20. The van der Waals surface area contributed by atoms with Crippen molar-refractivity contribution in [2.24, 2.45) is 0 Å². The number of halogens is 1. The molecule has 21 heavy (non-hydrogen) atoms. The minimum atomic E-state index is 0.528. The van der Waals surface area contributed by atoms with Gasteiger partial charge in [-0.05, 0) is 24.3 Å². The fraction of sp³-hybridized carbons (Fsp3) is 0.235. The van der Waals surface area contributed by atoms with E-state index in [1.54, 1.807) is 6.07 Å². The summed E-state index contributed by atoms with van der Waals surface area (Å²) in [4.78, 5) is 4.61. The first kappa shape index (κ1) is 13.8. The van der Waals surface area contributed by atoms with E-state index in [-0.39, 0.29) is 0 Å². The monoisotopic (exact) mass is 297 g/mol. The minimum Gasteiger partial charge on any atom is -0.368 e. The Bertz CT molecular complexity index is 655. The molecule has 0 bridgehead atoms. The van der Waals surface area contributed by atoms with Gasteiger partial charge >= 0.3 is 0 Å². The highest BCUT2D eigenvalue weighted by molar-refractivity contribution is 6.32. The second-order valence-corrected chi connectivity index (χ2v) is 5.46. The Morgan fingerprint density at radius 1 is 0.857 bits per heavy atom. The Hall–Kier alpha value is -2.18. The first-order valence-corrected chi connectivity index (χ1v) is 7.41. The lowest BCUT2D eigenvalue weighted by Gasteiger charge is -2.37. The number of anilines is 2. The summed E-state index contributed by atoms with van der Waals surface area (Å²) in [6.45, 7) is 3.68. The maximum absolute atomic E-state index is 9.29. The number of hydrogen-bond donors (Lipinski definition) is 0. The van der Waals surface area contributed by atoms with E-state index >= 15 is 0 Å². The molecule has 2 aromatic rings. The van der Waals surface area contributed by atoms with Gasteiger partial charge in [0.1, 0.15) is 6.07 Å². The van der Waals surface area contributed by atoms with Crippen molar-refractivity contribution in [3.63, 3.8) is 0 Å². The molecule has 0 spiro atoms. The quantitative estimate of drug-likeness (QED) is 0.849. The Labute approximate surface area is 130 Å². The van der Waals surface area contributed by atoms with E-state index in [1.165, 1.54) is 5.69 Å². The van der Waals surface area contributed by atoms with Gasteiger partial charge < -0.3 is 9.80 Å². The molecule has 0 aliphatic carbocycles. The third kappa shape index (κ3) is 2.81. The van der Waals surface area contributed by atoms with E-state index in [0.717, 1.165) is 31.9 Å². The van der Waals surface area contributed by atoms with Gasteiger partial charge in [0.15, 0.2) is 0 Å². The maximum Gasteiger partial charge on any atom is 0.103 e. The van der Waals surface area contributed by atoms with Crippen LogP contribution in [0.25, 0.3) is 0 Å². The van der Waals surface area contributed by atoms with Crippen LogP contribution in [0.1, 0.15) is 5.56 Å². The molecule has 3 nitrogen and oxygen atoms in total. The summed E-state index contributed by atoms with van der Waals surface area (Å²) in [7, 11) is 0. The topological polar surface area (TPSA) is 30.3 Å². The fourth-order valence-electron chi connectivity index (χ4n) is 2.73. The molecule has 0 amide bonds. The third-order valence-electron chi connectivity index (χ3n) is 3.85. The summed E-state index contributed by atoms with van der Waals surface area (Å²) in [5.41, 5.74) is 2.77. The summed E-state index contributed by atoms with van der Waals surface area (Å²) < 4.78 is 0. The van der Waals surface area contributed by atoms with Crippen molar-refractivity contribution in [2.75, 3.05) is 36.0 Å². The zero-order valence-electron chi connectivity index (χ0n) is 11.7. The first-order valence-electron chi connectivity index (χ1n) is 7.03. The molecule has 0 N–H and O–H groups in total. The molecule has 106 valence electrons. The summed E-state index contributed by atoms with van der Waals surface area (Å²) >= 11 is 6.11. The number of benzene rings is 2. The first-order chi connectivity index (χ1) is 10.3. The summed E-state index contributed by atoms with van der Waals surface area (Å²) in [6.07, 6.45) is 0. The third-order valence-corrected chi connectivity index (χ3v) is 4.16. The van der Waals surface area contributed by atoms with Gasteiger partial charge in [0.25, 0.3) is 0 Å². The van der Waals surface area contributed by atoms with Crippen LogP contribution in [-0.4, -0.2) is 26.2 Å². The van der Waals surface area contributed by atoms with Gasteiger partial charge in [0, 0.05) is 31.9 Å². The molecule has 0 atom stereocenters. The van der Waals surface area contributed by atoms with Gasteiger partial charge in [-0.25, -0.2) is 0 Å². The lowest BCUT2D eigenvalue weighted by atomic mass is 10.1. The summed E-state index contributed by atoms with van der Waals surface area (Å²) in [5, 5.41) is 9.82. The molecule has 0 radical (unpaired) electrons. The van der Waals surface area contributed by atoms with Crippen molar-refractivity contribution in [2.45, 2.75) is 0 Å². The molecule has 1 fully saturated rings. The number of para-hydroxylation sites is 1. The Balaban J connectivity index is 1.75. The zero-order valence-corrected chi connectivity index (χ0v) is 12.4. The zero-order chi connectivity index (χ0) is 14.7. The van der Waals surface area contributed by atoms with E-state index in [4.69, 9.17) is 11.6 Å². The second-order valence-electron chi connectivity index (χ2n) is 5.06. The van der Waals surface area contributed by atoms with E-state index in [9.17, 15) is 5.26 Å². The predicted octanol–water partition coefficient (Wildman–Crippen LogP) is 3.54. The Morgan fingerprint density at radius 2 is 1.52 bits per heavy atom. The van der Waals surface area contributed by atoms with Crippen molar-refractivity contribution in [3.05, 3.63) is 59.1 Å². The van der Waals surface area contributed by atoms with Gasteiger partial charge in [-0.1, -0.05) is 35.9 Å². The van der Waals surface area contributed by atoms with Crippen LogP contribution in [0.2, 0.25) is 5.02 Å². The number of nitriles is 1. The standard InChI is InChI=1S/C17H16ClN3/c18-16-7-4-8-17(15(16)13-19)21-11-9-20(10-12-21)14-5-2-1-3-6-14/h1-8H,9-12H2. The normalized spacial score (nSPS) is 14.9. The van der Waals surface area contributed by atoms with Crippen LogP contribution in [0.15, 0.2) is 48.5 Å². The van der Waals surface area contributed by atoms with Crippen LogP contribution in [0.4, 0.5) is 11.4 Å². The van der Waals surface area contributed by atoms with Gasteiger partial charge in [0.05, 0.1) is 16.3 Å². The van der Waals surface area contributed by atoms with Crippen LogP contribution in [0.5, 0.6) is 0 Å². The van der Waals surface area contributed by atoms with Gasteiger partial charge in [-0.15, -0.1) is 0 Å². The molecule has 4 heteroatoms. The van der Waals surface area contributed by atoms with Crippen LogP contribution in [0, 0.1) is 11.3 Å². The molecular formula is C17H16ClN3. The van der Waals surface area contributed by atoms with Crippen LogP contribution >= 0.6 is 11.6 Å². The smallest absolute Gasteiger partial charge is 0.103 e. The fourth-order valence-corrected chi connectivity index (χ4v) is 2.94. The molecule has 0 unspecified atom stereocenters. The number of hydrogen-bond acceptors (Lipinski definition) is 3. The molecule has 1 aliphatic rings. The Kier molecular flexibility index (Phi) is 3.98. The highest BCUT2D eigenvalue weighted by atomic mass is 35.5. The SMILES string of the molecule is N#Cc1c(Cl)cccc1N1CCN(c2ccccc2)CC1. The van der Waals surface area contributed by atoms with Crippen LogP contribution < -0.4 is 9.80 Å².